The highest BCUT2D eigenvalue weighted by molar-refractivity contribution is 6.78. The highest BCUT2D eigenvalue weighted by atomic mass is 28.4. The van der Waals surface area contributed by atoms with Crippen molar-refractivity contribution in [2.45, 2.75) is 38.0 Å². The highest BCUT2D eigenvalue weighted by Crippen LogP contribution is 2.42. The van der Waals surface area contributed by atoms with E-state index in [9.17, 15) is 0 Å². The Hall–Kier alpha value is 0.354. The predicted molar refractivity (Wildman–Crippen MR) is 54.1 cm³/mol. The molecule has 0 aromatic rings. The van der Waals surface area contributed by atoms with Gasteiger partial charge in [0.05, 0.1) is 5.73 Å². The van der Waals surface area contributed by atoms with E-state index < -0.39 is 16.6 Å². The van der Waals surface area contributed by atoms with Crippen molar-refractivity contribution in [3.8, 4) is 0 Å². The van der Waals surface area contributed by atoms with E-state index in [-0.39, 0.29) is 0 Å². The predicted octanol–water partition coefficient (Wildman–Crippen LogP) is 1.98. The Morgan fingerprint density at radius 3 is 2.42 bits per heavy atom. The number of hydrogen-bond acceptors (Lipinski definition) is 2. The van der Waals surface area contributed by atoms with Crippen LogP contribution in [0.1, 0.15) is 0 Å². The molecular weight excluding hydrogens is 184 g/mol. The lowest BCUT2D eigenvalue weighted by molar-refractivity contribution is 0.262. The fourth-order valence-electron chi connectivity index (χ4n) is 2.49. The molecule has 70 valence electrons. The zero-order valence-corrected chi connectivity index (χ0v) is 10.4. The van der Waals surface area contributed by atoms with E-state index in [0.717, 1.165) is 12.5 Å². The molecule has 0 saturated carbocycles. The quantitative estimate of drug-likeness (QED) is 0.559. The molecule has 2 aliphatic rings. The average Bonchev–Trinajstić information content (AvgIpc) is 2.31. The van der Waals surface area contributed by atoms with Crippen LogP contribution in [0, 0.1) is 5.92 Å². The summed E-state index contributed by atoms with van der Waals surface area (Å²) in [5, 5.41) is 0. The van der Waals surface area contributed by atoms with E-state index in [0.29, 0.717) is 5.73 Å². The molecule has 2 atom stereocenters. The molecule has 0 bridgehead atoms. The number of rotatable bonds is 0. The summed E-state index contributed by atoms with van der Waals surface area (Å²) in [5.74, 6) is 0.744. The minimum Gasteiger partial charge on any atom is -0.414 e. The van der Waals surface area contributed by atoms with Gasteiger partial charge in [-0.25, -0.2) is 0 Å². The standard InChI is InChI=1S/C8H18O2Si2/c1-11(2)6-7-5-9-12(3,4)8(7)10-11/h7-8H,5-6H2,1-4H3. The van der Waals surface area contributed by atoms with Crippen molar-refractivity contribution in [2.75, 3.05) is 6.61 Å². The summed E-state index contributed by atoms with van der Waals surface area (Å²) in [6.45, 7) is 10.2. The van der Waals surface area contributed by atoms with Gasteiger partial charge < -0.3 is 8.85 Å². The third-order valence-corrected chi connectivity index (χ3v) is 8.49. The molecule has 0 aromatic carbocycles. The minimum atomic E-state index is -1.45. The molecule has 4 heteroatoms. The zero-order chi connectivity index (χ0) is 8.98. The summed E-state index contributed by atoms with van der Waals surface area (Å²) >= 11 is 0. The molecule has 0 amide bonds. The van der Waals surface area contributed by atoms with Crippen molar-refractivity contribution in [3.05, 3.63) is 0 Å². The topological polar surface area (TPSA) is 18.5 Å². The summed E-state index contributed by atoms with van der Waals surface area (Å²) < 4.78 is 12.0. The molecular formula is C8H18O2Si2. The van der Waals surface area contributed by atoms with Gasteiger partial charge in [0, 0.05) is 12.5 Å². The van der Waals surface area contributed by atoms with Crippen molar-refractivity contribution in [2.24, 2.45) is 5.92 Å². The maximum atomic E-state index is 6.16. The van der Waals surface area contributed by atoms with E-state index in [1.807, 2.05) is 0 Å². The molecule has 0 aliphatic carbocycles. The Morgan fingerprint density at radius 2 is 1.83 bits per heavy atom. The lowest BCUT2D eigenvalue weighted by Gasteiger charge is -2.25. The molecule has 0 N–H and O–H groups in total. The molecule has 2 aliphatic heterocycles. The van der Waals surface area contributed by atoms with E-state index >= 15 is 0 Å². The summed E-state index contributed by atoms with van der Waals surface area (Å²) in [6.07, 6.45) is 0. The molecule has 0 spiro atoms. The Balaban J connectivity index is 2.17. The van der Waals surface area contributed by atoms with Crippen molar-refractivity contribution >= 4 is 16.6 Å². The second kappa shape index (κ2) is 2.44. The maximum Gasteiger partial charge on any atom is 0.214 e. The van der Waals surface area contributed by atoms with Crippen LogP contribution in [0.2, 0.25) is 32.2 Å². The Morgan fingerprint density at radius 1 is 1.17 bits per heavy atom. The molecule has 2 nitrogen and oxygen atoms in total. The molecule has 0 radical (unpaired) electrons. The molecule has 2 heterocycles. The first-order valence-corrected chi connectivity index (χ1v) is 10.8. The summed E-state index contributed by atoms with van der Waals surface area (Å²) in [7, 11) is -2.72. The van der Waals surface area contributed by atoms with Crippen LogP contribution in [-0.2, 0) is 8.85 Å². The SMILES string of the molecule is C[Si]1(C)CC2CO[Si](C)(C)C2O1. The van der Waals surface area contributed by atoms with Crippen molar-refractivity contribution in [1.82, 2.24) is 0 Å². The number of hydrogen-bond donors (Lipinski definition) is 0. The largest absolute Gasteiger partial charge is 0.414 e. The smallest absolute Gasteiger partial charge is 0.214 e. The molecule has 2 rings (SSSR count). The van der Waals surface area contributed by atoms with Crippen LogP contribution in [-0.4, -0.2) is 29.0 Å². The van der Waals surface area contributed by atoms with Crippen LogP contribution >= 0.6 is 0 Å². The number of fused-ring (bicyclic) bond motifs is 1. The molecule has 2 saturated heterocycles. The summed E-state index contributed by atoms with van der Waals surface area (Å²) in [5.41, 5.74) is 0.513. The van der Waals surface area contributed by atoms with Gasteiger partial charge in [-0.2, -0.15) is 0 Å². The van der Waals surface area contributed by atoms with Gasteiger partial charge in [0.15, 0.2) is 8.32 Å². The fraction of sp³-hybridized carbons (Fsp3) is 1.00. The zero-order valence-electron chi connectivity index (χ0n) is 8.39. The van der Waals surface area contributed by atoms with Gasteiger partial charge in [0.1, 0.15) is 0 Å². The third-order valence-electron chi connectivity index (χ3n) is 2.98. The monoisotopic (exact) mass is 202 g/mol. The Labute approximate surface area is 76.5 Å². The fourth-order valence-corrected chi connectivity index (χ4v) is 9.54. The van der Waals surface area contributed by atoms with Crippen LogP contribution in [0.4, 0.5) is 0 Å². The second-order valence-electron chi connectivity index (χ2n) is 5.18. The van der Waals surface area contributed by atoms with E-state index in [1.54, 1.807) is 0 Å². The molecule has 2 fully saturated rings. The highest BCUT2D eigenvalue weighted by Gasteiger charge is 2.54. The van der Waals surface area contributed by atoms with Crippen molar-refractivity contribution in [3.63, 3.8) is 0 Å². The van der Waals surface area contributed by atoms with E-state index in [4.69, 9.17) is 8.85 Å². The van der Waals surface area contributed by atoms with Gasteiger partial charge in [-0.05, 0) is 32.2 Å². The van der Waals surface area contributed by atoms with Gasteiger partial charge in [-0.15, -0.1) is 0 Å². The molecule has 12 heavy (non-hydrogen) atoms. The Bertz CT molecular complexity index is 203. The van der Waals surface area contributed by atoms with Gasteiger partial charge >= 0.3 is 0 Å². The first-order chi connectivity index (χ1) is 5.41. The average molecular weight is 202 g/mol. The van der Waals surface area contributed by atoms with Crippen molar-refractivity contribution < 1.29 is 8.85 Å². The lowest BCUT2D eigenvalue weighted by Crippen LogP contribution is -2.42. The van der Waals surface area contributed by atoms with E-state index in [1.165, 1.54) is 6.04 Å². The first-order valence-electron chi connectivity index (χ1n) is 4.72. The van der Waals surface area contributed by atoms with Crippen LogP contribution in [0.5, 0.6) is 0 Å². The first kappa shape index (κ1) is 8.93. The Kier molecular flexibility index (Phi) is 1.81. The molecule has 2 unspecified atom stereocenters. The summed E-state index contributed by atoms with van der Waals surface area (Å²) in [4.78, 5) is 0. The van der Waals surface area contributed by atoms with Gasteiger partial charge in [0.25, 0.3) is 0 Å². The van der Waals surface area contributed by atoms with Gasteiger partial charge in [-0.3, -0.25) is 0 Å². The van der Waals surface area contributed by atoms with Crippen LogP contribution in [0.25, 0.3) is 0 Å². The lowest BCUT2D eigenvalue weighted by atomic mass is 10.2. The van der Waals surface area contributed by atoms with Gasteiger partial charge in [0.2, 0.25) is 8.32 Å². The normalized spacial score (nSPS) is 43.0. The molecule has 0 aromatic heterocycles. The second-order valence-corrected chi connectivity index (χ2v) is 13.4. The maximum absolute atomic E-state index is 6.16. The third kappa shape index (κ3) is 1.30. The van der Waals surface area contributed by atoms with Crippen LogP contribution < -0.4 is 0 Å². The summed E-state index contributed by atoms with van der Waals surface area (Å²) in [6, 6.07) is 1.31. The van der Waals surface area contributed by atoms with Gasteiger partial charge in [-0.1, -0.05) is 0 Å². The van der Waals surface area contributed by atoms with Crippen molar-refractivity contribution in [1.29, 1.82) is 0 Å². The van der Waals surface area contributed by atoms with E-state index in [2.05, 4.69) is 26.2 Å². The van der Waals surface area contributed by atoms with Crippen LogP contribution in [0.15, 0.2) is 0 Å². The van der Waals surface area contributed by atoms with Crippen LogP contribution in [0.3, 0.4) is 0 Å². The minimum absolute atomic E-state index is 0.513.